The van der Waals surface area contributed by atoms with E-state index in [1.165, 1.54) is 22.4 Å². The zero-order valence-electron chi connectivity index (χ0n) is 19.9. The van der Waals surface area contributed by atoms with E-state index in [9.17, 15) is 9.59 Å². The van der Waals surface area contributed by atoms with E-state index in [4.69, 9.17) is 0 Å². The topological polar surface area (TPSA) is 67.9 Å². The molecule has 7 heteroatoms. The van der Waals surface area contributed by atoms with Crippen LogP contribution in [-0.2, 0) is 22.4 Å². The van der Waals surface area contributed by atoms with Crippen LogP contribution in [-0.4, -0.2) is 75.0 Å². The summed E-state index contributed by atoms with van der Waals surface area (Å²) in [6.07, 6.45) is 1.97. The number of hydrogen-bond donors (Lipinski definition) is 2. The smallest absolute Gasteiger partial charge is 0.313 e. The molecule has 2 amide bonds. The summed E-state index contributed by atoms with van der Waals surface area (Å²) in [5, 5.41) is 5.60. The molecule has 2 aromatic carbocycles. The molecule has 33 heavy (non-hydrogen) atoms. The van der Waals surface area contributed by atoms with E-state index in [2.05, 4.69) is 64.6 Å². The lowest BCUT2D eigenvalue weighted by atomic mass is 10.00. The molecule has 2 aromatic rings. The first kappa shape index (κ1) is 23.3. The molecule has 2 aliphatic rings. The molecule has 0 radical (unpaired) electrons. The van der Waals surface area contributed by atoms with Gasteiger partial charge in [-0.1, -0.05) is 31.2 Å². The summed E-state index contributed by atoms with van der Waals surface area (Å²) < 4.78 is 0. The van der Waals surface area contributed by atoms with E-state index in [1.807, 2.05) is 24.3 Å². The van der Waals surface area contributed by atoms with Crippen LogP contribution in [0.1, 0.15) is 29.7 Å². The first-order valence-corrected chi connectivity index (χ1v) is 11.9. The highest BCUT2D eigenvalue weighted by Gasteiger charge is 2.27. The molecule has 0 spiro atoms. The number of carbonyl (C=O) groups is 2. The van der Waals surface area contributed by atoms with Crippen molar-refractivity contribution in [1.82, 2.24) is 15.1 Å². The van der Waals surface area contributed by atoms with Gasteiger partial charge in [-0.05, 0) is 54.8 Å². The van der Waals surface area contributed by atoms with Crippen LogP contribution < -0.4 is 15.5 Å². The Balaban J connectivity index is 1.43. The Bertz CT molecular complexity index is 983. The number of hydrogen-bond acceptors (Lipinski definition) is 5. The molecular weight excluding hydrogens is 414 g/mol. The molecule has 2 heterocycles. The predicted octanol–water partition coefficient (Wildman–Crippen LogP) is 2.28. The Hall–Kier alpha value is -2.90. The molecular formula is C26H35N5O2. The zero-order valence-corrected chi connectivity index (χ0v) is 19.9. The molecule has 1 fully saturated rings. The minimum atomic E-state index is -0.632. The quantitative estimate of drug-likeness (QED) is 0.663. The molecule has 4 rings (SSSR count). The minimum Gasteiger partial charge on any atom is -0.374 e. The van der Waals surface area contributed by atoms with Crippen LogP contribution in [0, 0.1) is 0 Å². The number of aryl methyl sites for hydroxylation is 1. The standard InChI is InChI=1S/C26H35N5O2/c1-4-19-5-8-22(9-6-19)28-26(33)25(32)27-18-24(31-15-13-29(2)14-16-31)20-7-10-23-21(17-20)11-12-30(23)3/h5-10,17,24H,4,11-16,18H2,1-3H3,(H,27,32)(H,28,33)/t24-/m0/s1. The van der Waals surface area contributed by atoms with Gasteiger partial charge < -0.3 is 20.4 Å². The molecule has 2 aliphatic heterocycles. The van der Waals surface area contributed by atoms with Crippen molar-refractivity contribution < 1.29 is 9.59 Å². The van der Waals surface area contributed by atoms with E-state index in [1.54, 1.807) is 0 Å². The summed E-state index contributed by atoms with van der Waals surface area (Å²) in [5.74, 6) is -1.23. The molecule has 176 valence electrons. The summed E-state index contributed by atoms with van der Waals surface area (Å²) >= 11 is 0. The third kappa shape index (κ3) is 5.54. The average molecular weight is 450 g/mol. The highest BCUT2D eigenvalue weighted by molar-refractivity contribution is 6.39. The fourth-order valence-corrected chi connectivity index (χ4v) is 4.67. The van der Waals surface area contributed by atoms with Crippen LogP contribution >= 0.6 is 0 Å². The van der Waals surface area contributed by atoms with E-state index in [-0.39, 0.29) is 6.04 Å². The maximum atomic E-state index is 12.6. The van der Waals surface area contributed by atoms with Gasteiger partial charge in [-0.2, -0.15) is 0 Å². The van der Waals surface area contributed by atoms with Gasteiger partial charge in [0.25, 0.3) is 0 Å². The Morgan fingerprint density at radius 2 is 1.67 bits per heavy atom. The Morgan fingerprint density at radius 1 is 0.939 bits per heavy atom. The number of fused-ring (bicyclic) bond motifs is 1. The molecule has 0 bridgehead atoms. The van der Waals surface area contributed by atoms with Gasteiger partial charge >= 0.3 is 11.8 Å². The molecule has 0 aliphatic carbocycles. The van der Waals surface area contributed by atoms with Gasteiger partial charge in [0.15, 0.2) is 0 Å². The Labute approximate surface area is 196 Å². The number of piperazine rings is 1. The van der Waals surface area contributed by atoms with Crippen LogP contribution in [0.2, 0.25) is 0 Å². The molecule has 1 atom stereocenters. The number of likely N-dealkylation sites (N-methyl/N-ethyl adjacent to an activating group) is 2. The fraction of sp³-hybridized carbons (Fsp3) is 0.462. The Kier molecular flexibility index (Phi) is 7.30. The average Bonchev–Trinajstić information content (AvgIpc) is 3.20. The summed E-state index contributed by atoms with van der Waals surface area (Å²) in [7, 11) is 4.26. The van der Waals surface area contributed by atoms with E-state index in [0.29, 0.717) is 12.2 Å². The second kappa shape index (κ2) is 10.4. The van der Waals surface area contributed by atoms with Crippen LogP contribution in [0.5, 0.6) is 0 Å². The van der Waals surface area contributed by atoms with Crippen LogP contribution in [0.3, 0.4) is 0 Å². The van der Waals surface area contributed by atoms with Gasteiger partial charge in [0.05, 0.1) is 6.04 Å². The Morgan fingerprint density at radius 3 is 2.36 bits per heavy atom. The predicted molar refractivity (Wildman–Crippen MR) is 133 cm³/mol. The SMILES string of the molecule is CCc1ccc(NC(=O)C(=O)NC[C@@H](c2ccc3c(c2)CCN3C)N2CCN(C)CC2)cc1. The third-order valence-electron chi connectivity index (χ3n) is 6.88. The summed E-state index contributed by atoms with van der Waals surface area (Å²) in [5.41, 5.74) is 5.66. The normalized spacial score (nSPS) is 17.5. The van der Waals surface area contributed by atoms with E-state index < -0.39 is 11.8 Å². The summed E-state index contributed by atoms with van der Waals surface area (Å²) in [6.45, 7) is 7.37. The highest BCUT2D eigenvalue weighted by Crippen LogP contribution is 2.31. The van der Waals surface area contributed by atoms with Gasteiger partial charge in [-0.3, -0.25) is 14.5 Å². The van der Waals surface area contributed by atoms with Crippen molar-refractivity contribution in [2.75, 3.05) is 63.6 Å². The minimum absolute atomic E-state index is 0.0375. The molecule has 2 N–H and O–H groups in total. The molecule has 0 saturated carbocycles. The van der Waals surface area contributed by atoms with Gasteiger partial charge in [0.1, 0.15) is 0 Å². The number of carbonyl (C=O) groups excluding carboxylic acids is 2. The van der Waals surface area contributed by atoms with Crippen molar-refractivity contribution in [1.29, 1.82) is 0 Å². The second-order valence-electron chi connectivity index (χ2n) is 9.13. The number of anilines is 2. The third-order valence-corrected chi connectivity index (χ3v) is 6.88. The van der Waals surface area contributed by atoms with Crippen molar-refractivity contribution in [3.05, 3.63) is 59.2 Å². The van der Waals surface area contributed by atoms with E-state index >= 15 is 0 Å². The van der Waals surface area contributed by atoms with Gasteiger partial charge in [0, 0.05) is 57.7 Å². The van der Waals surface area contributed by atoms with Crippen molar-refractivity contribution in [2.24, 2.45) is 0 Å². The van der Waals surface area contributed by atoms with Crippen LogP contribution in [0.4, 0.5) is 11.4 Å². The van der Waals surface area contributed by atoms with Crippen molar-refractivity contribution in [2.45, 2.75) is 25.8 Å². The van der Waals surface area contributed by atoms with Gasteiger partial charge in [0.2, 0.25) is 0 Å². The lowest BCUT2D eigenvalue weighted by Crippen LogP contribution is -2.49. The number of rotatable bonds is 6. The van der Waals surface area contributed by atoms with Gasteiger partial charge in [-0.15, -0.1) is 0 Å². The lowest BCUT2D eigenvalue weighted by molar-refractivity contribution is -0.136. The molecule has 0 aromatic heterocycles. The number of nitrogens with zero attached hydrogens (tertiary/aromatic N) is 3. The number of amides is 2. The molecule has 0 unspecified atom stereocenters. The van der Waals surface area contributed by atoms with Crippen molar-refractivity contribution in [3.8, 4) is 0 Å². The van der Waals surface area contributed by atoms with Gasteiger partial charge in [-0.25, -0.2) is 0 Å². The zero-order chi connectivity index (χ0) is 23.4. The second-order valence-corrected chi connectivity index (χ2v) is 9.13. The van der Waals surface area contributed by atoms with E-state index in [0.717, 1.165) is 45.6 Å². The van der Waals surface area contributed by atoms with Crippen molar-refractivity contribution in [3.63, 3.8) is 0 Å². The lowest BCUT2D eigenvalue weighted by Gasteiger charge is -2.38. The first-order valence-electron chi connectivity index (χ1n) is 11.9. The number of benzene rings is 2. The van der Waals surface area contributed by atoms with Crippen LogP contribution in [0.15, 0.2) is 42.5 Å². The largest absolute Gasteiger partial charge is 0.374 e. The van der Waals surface area contributed by atoms with Crippen molar-refractivity contribution >= 4 is 23.2 Å². The first-order chi connectivity index (χ1) is 15.9. The number of nitrogens with one attached hydrogen (secondary N) is 2. The monoisotopic (exact) mass is 449 g/mol. The highest BCUT2D eigenvalue weighted by atomic mass is 16.2. The fourth-order valence-electron chi connectivity index (χ4n) is 4.67. The maximum Gasteiger partial charge on any atom is 0.313 e. The molecule has 7 nitrogen and oxygen atoms in total. The molecule has 1 saturated heterocycles. The summed E-state index contributed by atoms with van der Waals surface area (Å²) in [4.78, 5) is 32.1. The van der Waals surface area contributed by atoms with Crippen LogP contribution in [0.25, 0.3) is 0 Å². The maximum absolute atomic E-state index is 12.6. The summed E-state index contributed by atoms with van der Waals surface area (Å²) in [6, 6.07) is 14.3.